The molecule has 2 aromatic carbocycles. The highest BCUT2D eigenvalue weighted by atomic mass is 16.5. The van der Waals surface area contributed by atoms with Gasteiger partial charge in [-0.3, -0.25) is 14.4 Å². The highest BCUT2D eigenvalue weighted by Crippen LogP contribution is 2.26. The summed E-state index contributed by atoms with van der Waals surface area (Å²) in [7, 11) is 0. The van der Waals surface area contributed by atoms with Crippen LogP contribution >= 0.6 is 0 Å². The zero-order chi connectivity index (χ0) is 35.5. The molecule has 0 heterocycles. The van der Waals surface area contributed by atoms with E-state index in [0.717, 1.165) is 37.3 Å². The molecule has 0 radical (unpaired) electrons. The van der Waals surface area contributed by atoms with Crippen LogP contribution in [0, 0.1) is 11.8 Å². The number of rotatable bonds is 24. The molecule has 0 aliphatic carbocycles. The number of hydrogen-bond donors (Lipinski definition) is 5. The first-order valence-corrected chi connectivity index (χ1v) is 16.5. The van der Waals surface area contributed by atoms with Gasteiger partial charge in [0.15, 0.2) is 5.60 Å². The minimum absolute atomic E-state index is 0.150. The molecule has 0 saturated carbocycles. The van der Waals surface area contributed by atoms with Crippen LogP contribution in [0.5, 0.6) is 5.75 Å². The second-order valence-corrected chi connectivity index (χ2v) is 12.5. The van der Waals surface area contributed by atoms with E-state index in [9.17, 15) is 44.4 Å². The Morgan fingerprint density at radius 2 is 1.52 bits per heavy atom. The molecule has 0 spiro atoms. The van der Waals surface area contributed by atoms with Gasteiger partial charge in [-0.2, -0.15) is 0 Å². The van der Waals surface area contributed by atoms with Crippen LogP contribution in [0.4, 0.5) is 0 Å². The average Bonchev–Trinajstić information content (AvgIpc) is 3.03. The SMILES string of the molecule is CC(C)CCOc1ccc(CC(NC(=O)C(/C=C/CCCCCCC(=O)CCc2ccccc2)C(O)(CC(=O)O)C(=O)O)C(=O)O)cc1. The fourth-order valence-electron chi connectivity index (χ4n) is 5.07. The van der Waals surface area contributed by atoms with Gasteiger partial charge in [0, 0.05) is 19.3 Å². The lowest BCUT2D eigenvalue weighted by Crippen LogP contribution is -2.55. The molecule has 0 aliphatic rings. The summed E-state index contributed by atoms with van der Waals surface area (Å²) in [6.07, 6.45) is 7.03. The fraction of sp³-hybridized carbons (Fsp3) is 0.486. The summed E-state index contributed by atoms with van der Waals surface area (Å²) in [6, 6.07) is 15.0. The maximum Gasteiger partial charge on any atom is 0.337 e. The van der Waals surface area contributed by atoms with Crippen LogP contribution in [0.1, 0.15) is 82.8 Å². The Balaban J connectivity index is 1.98. The van der Waals surface area contributed by atoms with Gasteiger partial charge in [-0.15, -0.1) is 0 Å². The average molecular weight is 668 g/mol. The Bertz CT molecular complexity index is 1360. The monoisotopic (exact) mass is 667 g/mol. The van der Waals surface area contributed by atoms with Crippen LogP contribution in [0.15, 0.2) is 66.7 Å². The van der Waals surface area contributed by atoms with Crippen LogP contribution in [-0.4, -0.2) is 68.3 Å². The largest absolute Gasteiger partial charge is 0.494 e. The third-order valence-corrected chi connectivity index (χ3v) is 7.97. The third-order valence-electron chi connectivity index (χ3n) is 7.97. The molecule has 2 aromatic rings. The lowest BCUT2D eigenvalue weighted by atomic mass is 9.82. The summed E-state index contributed by atoms with van der Waals surface area (Å²) in [6.45, 7) is 4.68. The van der Waals surface area contributed by atoms with E-state index in [1.807, 2.05) is 30.3 Å². The third kappa shape index (κ3) is 14.5. The molecule has 0 fully saturated rings. The summed E-state index contributed by atoms with van der Waals surface area (Å²) in [5.41, 5.74) is -1.35. The first-order chi connectivity index (χ1) is 22.8. The van der Waals surface area contributed by atoms with E-state index < -0.39 is 47.8 Å². The predicted octanol–water partition coefficient (Wildman–Crippen LogP) is 5.23. The van der Waals surface area contributed by atoms with Crippen molar-refractivity contribution in [2.45, 2.75) is 96.1 Å². The summed E-state index contributed by atoms with van der Waals surface area (Å²) in [5.74, 6) is -6.70. The predicted molar refractivity (Wildman–Crippen MR) is 180 cm³/mol. The Labute approximate surface area is 282 Å². The Hall–Kier alpha value is -4.51. The molecule has 0 aromatic heterocycles. The number of unbranched alkanes of at least 4 members (excludes halogenated alkanes) is 4. The van der Waals surface area contributed by atoms with Gasteiger partial charge in [-0.1, -0.05) is 81.3 Å². The number of aryl methyl sites for hydroxylation is 1. The van der Waals surface area contributed by atoms with Crippen LogP contribution in [0.3, 0.4) is 0 Å². The zero-order valence-corrected chi connectivity index (χ0v) is 27.8. The number of nitrogens with one attached hydrogen (secondary N) is 1. The van der Waals surface area contributed by atoms with Crippen LogP contribution in [-0.2, 0) is 36.8 Å². The first kappa shape index (κ1) is 39.7. The van der Waals surface area contributed by atoms with Crippen molar-refractivity contribution < 1.29 is 49.1 Å². The van der Waals surface area contributed by atoms with Gasteiger partial charge in [0.1, 0.15) is 17.6 Å². The van der Waals surface area contributed by atoms with Gasteiger partial charge in [-0.25, -0.2) is 9.59 Å². The molecule has 0 saturated heterocycles. The highest BCUT2D eigenvalue weighted by Gasteiger charge is 2.49. The van der Waals surface area contributed by atoms with Crippen molar-refractivity contribution >= 4 is 29.6 Å². The van der Waals surface area contributed by atoms with E-state index in [0.29, 0.717) is 55.9 Å². The minimum Gasteiger partial charge on any atom is -0.494 e. The smallest absolute Gasteiger partial charge is 0.337 e. The van der Waals surface area contributed by atoms with Gasteiger partial charge in [-0.05, 0) is 61.3 Å². The molecule has 3 atom stereocenters. The van der Waals surface area contributed by atoms with E-state index in [4.69, 9.17) is 4.74 Å². The molecule has 5 N–H and O–H groups in total. The number of carboxylic acid groups (broad SMARTS) is 3. The molecule has 0 aliphatic heterocycles. The number of ketones is 1. The fourth-order valence-corrected chi connectivity index (χ4v) is 5.07. The summed E-state index contributed by atoms with van der Waals surface area (Å²) in [5, 5.41) is 42.1. The molecule has 0 bridgehead atoms. The number of Topliss-reactive ketones (excluding diaryl/α,β-unsaturated/α-hetero) is 1. The number of benzene rings is 2. The second kappa shape index (κ2) is 20.7. The molecule has 11 nitrogen and oxygen atoms in total. The summed E-state index contributed by atoms with van der Waals surface area (Å²) in [4.78, 5) is 61.1. The molecule has 3 unspecified atom stereocenters. The van der Waals surface area contributed by atoms with Gasteiger partial charge in [0.25, 0.3) is 0 Å². The molecule has 48 heavy (non-hydrogen) atoms. The lowest BCUT2D eigenvalue weighted by molar-refractivity contribution is -0.172. The summed E-state index contributed by atoms with van der Waals surface area (Å²) < 4.78 is 5.68. The molecule has 11 heteroatoms. The van der Waals surface area contributed by atoms with Crippen molar-refractivity contribution in [3.05, 3.63) is 77.9 Å². The standard InChI is InChI=1S/C37H49NO10/c1-26(2)22-23-48-30-20-17-28(18-21-30)24-32(35(43)44)38-34(42)31(37(47,36(45)46)25-33(40)41)15-11-6-4-3-5-10-14-29(39)19-16-27-12-8-7-9-13-27/h7-9,11-13,15,17-18,20-21,26,31-32,47H,3-6,10,14,16,19,22-25H2,1-2H3,(H,38,42)(H,40,41)(H,43,44)(H,45,46)/b15-11+. The van der Waals surface area contributed by atoms with Crippen molar-refractivity contribution in [1.82, 2.24) is 5.32 Å². The normalized spacial score (nSPS) is 13.8. The minimum atomic E-state index is -3.02. The number of carbonyl (C=O) groups excluding carboxylic acids is 2. The van der Waals surface area contributed by atoms with Crippen molar-refractivity contribution in [2.75, 3.05) is 6.61 Å². The molecule has 2 rings (SSSR count). The molecule has 262 valence electrons. The second-order valence-electron chi connectivity index (χ2n) is 12.5. The van der Waals surface area contributed by atoms with Crippen molar-refractivity contribution in [2.24, 2.45) is 11.8 Å². The molecular formula is C37H49NO10. The van der Waals surface area contributed by atoms with E-state index in [2.05, 4.69) is 19.2 Å². The lowest BCUT2D eigenvalue weighted by Gasteiger charge is -2.29. The van der Waals surface area contributed by atoms with Gasteiger partial charge >= 0.3 is 17.9 Å². The summed E-state index contributed by atoms with van der Waals surface area (Å²) >= 11 is 0. The maximum atomic E-state index is 13.3. The number of hydrogen-bond acceptors (Lipinski definition) is 7. The first-order valence-electron chi connectivity index (χ1n) is 16.5. The number of amides is 1. The van der Waals surface area contributed by atoms with Crippen LogP contribution in [0.25, 0.3) is 0 Å². The van der Waals surface area contributed by atoms with E-state index in [1.165, 1.54) is 6.08 Å². The topological polar surface area (TPSA) is 188 Å². The van der Waals surface area contributed by atoms with Crippen LogP contribution < -0.4 is 10.1 Å². The Morgan fingerprint density at radius 1 is 0.854 bits per heavy atom. The highest BCUT2D eigenvalue weighted by molar-refractivity contribution is 5.94. The number of allylic oxidation sites excluding steroid dienone is 1. The Morgan fingerprint density at radius 3 is 2.12 bits per heavy atom. The zero-order valence-electron chi connectivity index (χ0n) is 27.8. The van der Waals surface area contributed by atoms with Gasteiger partial charge in [0.2, 0.25) is 5.91 Å². The van der Waals surface area contributed by atoms with Gasteiger partial charge < -0.3 is 30.5 Å². The molecular weight excluding hydrogens is 618 g/mol. The van der Waals surface area contributed by atoms with Gasteiger partial charge in [0.05, 0.1) is 18.9 Å². The van der Waals surface area contributed by atoms with E-state index >= 15 is 0 Å². The Kier molecular flexibility index (Phi) is 17.1. The number of ether oxygens (including phenoxy) is 1. The number of carbonyl (C=O) groups is 5. The van der Waals surface area contributed by atoms with Crippen LogP contribution in [0.2, 0.25) is 0 Å². The number of aliphatic carboxylic acids is 3. The number of carboxylic acids is 3. The number of aliphatic hydroxyl groups is 1. The molecule has 1 amide bonds. The van der Waals surface area contributed by atoms with Crippen molar-refractivity contribution in [3.8, 4) is 5.75 Å². The maximum absolute atomic E-state index is 13.3. The van der Waals surface area contributed by atoms with Crippen molar-refractivity contribution in [3.63, 3.8) is 0 Å². The quantitative estimate of drug-likeness (QED) is 0.0733. The van der Waals surface area contributed by atoms with E-state index in [-0.39, 0.29) is 12.2 Å². The van der Waals surface area contributed by atoms with Crippen molar-refractivity contribution in [1.29, 1.82) is 0 Å². The van der Waals surface area contributed by atoms with E-state index in [1.54, 1.807) is 24.3 Å².